The Bertz CT molecular complexity index is 533. The third-order valence-corrected chi connectivity index (χ3v) is 2.08. The molecule has 1 N–H and O–H groups in total. The number of carboxylic acids is 1. The number of nitriles is 1. The fraction of sp³-hybridized carbons (Fsp3) is 0.250. The first kappa shape index (κ1) is 14.3. The number of aliphatic carboxylic acids is 1. The van der Waals surface area contributed by atoms with Crippen molar-refractivity contribution in [2.24, 2.45) is 5.16 Å². The minimum atomic E-state index is -1.14. The molecule has 7 heteroatoms. The van der Waals surface area contributed by atoms with Crippen molar-refractivity contribution in [2.45, 2.75) is 0 Å². The van der Waals surface area contributed by atoms with E-state index < -0.39 is 12.6 Å². The SMILES string of the molecule is CO/N=C(/C#N)c1cccc(OC)c1OCC(=O)O. The molecule has 0 fully saturated rings. The highest BCUT2D eigenvalue weighted by atomic mass is 16.6. The quantitative estimate of drug-likeness (QED) is 0.608. The topological polar surface area (TPSA) is 101 Å². The summed E-state index contributed by atoms with van der Waals surface area (Å²) < 4.78 is 10.2. The zero-order valence-electron chi connectivity index (χ0n) is 10.4. The number of rotatable bonds is 6. The van der Waals surface area contributed by atoms with E-state index in [1.54, 1.807) is 18.2 Å². The smallest absolute Gasteiger partial charge is 0.341 e. The summed E-state index contributed by atoms with van der Waals surface area (Å²) in [6.07, 6.45) is 0. The van der Waals surface area contributed by atoms with Gasteiger partial charge in [-0.15, -0.1) is 0 Å². The van der Waals surface area contributed by atoms with Gasteiger partial charge in [-0.25, -0.2) is 4.79 Å². The molecule has 1 aromatic rings. The van der Waals surface area contributed by atoms with Gasteiger partial charge in [-0.2, -0.15) is 5.26 Å². The van der Waals surface area contributed by atoms with Gasteiger partial charge in [0.25, 0.3) is 0 Å². The van der Waals surface area contributed by atoms with E-state index in [0.29, 0.717) is 11.3 Å². The third-order valence-electron chi connectivity index (χ3n) is 2.08. The van der Waals surface area contributed by atoms with Crippen LogP contribution in [0.15, 0.2) is 23.4 Å². The minimum Gasteiger partial charge on any atom is -0.493 e. The molecule has 0 aliphatic heterocycles. The van der Waals surface area contributed by atoms with Crippen molar-refractivity contribution >= 4 is 11.7 Å². The van der Waals surface area contributed by atoms with E-state index in [9.17, 15) is 4.79 Å². The summed E-state index contributed by atoms with van der Waals surface area (Å²) in [5, 5.41) is 21.2. The molecule has 0 unspecified atom stereocenters. The van der Waals surface area contributed by atoms with Gasteiger partial charge >= 0.3 is 5.97 Å². The average molecular weight is 264 g/mol. The van der Waals surface area contributed by atoms with Crippen molar-refractivity contribution in [1.82, 2.24) is 0 Å². The molecule has 0 saturated heterocycles. The number of oxime groups is 1. The zero-order chi connectivity index (χ0) is 14.3. The van der Waals surface area contributed by atoms with Gasteiger partial charge in [0, 0.05) is 0 Å². The highest BCUT2D eigenvalue weighted by molar-refractivity contribution is 6.13. The molecule has 0 radical (unpaired) electrons. The van der Waals surface area contributed by atoms with Gasteiger partial charge in [0.2, 0.25) is 0 Å². The Kier molecular flexibility index (Phi) is 5.17. The predicted molar refractivity (Wildman–Crippen MR) is 65.3 cm³/mol. The number of methoxy groups -OCH3 is 1. The van der Waals surface area contributed by atoms with Crippen LogP contribution in [-0.2, 0) is 9.63 Å². The lowest BCUT2D eigenvalue weighted by atomic mass is 10.1. The van der Waals surface area contributed by atoms with E-state index in [0.717, 1.165) is 0 Å². The van der Waals surface area contributed by atoms with Gasteiger partial charge in [-0.1, -0.05) is 11.2 Å². The molecule has 100 valence electrons. The van der Waals surface area contributed by atoms with Crippen LogP contribution >= 0.6 is 0 Å². The Hall–Kier alpha value is -2.75. The number of nitrogens with zero attached hydrogens (tertiary/aromatic N) is 2. The second-order valence-electron chi connectivity index (χ2n) is 3.25. The summed E-state index contributed by atoms with van der Waals surface area (Å²) in [5.74, 6) is -0.707. The summed E-state index contributed by atoms with van der Waals surface area (Å²) in [6, 6.07) is 6.61. The fourth-order valence-corrected chi connectivity index (χ4v) is 1.37. The second kappa shape index (κ2) is 6.86. The normalized spacial score (nSPS) is 10.5. The van der Waals surface area contributed by atoms with Gasteiger partial charge in [0.1, 0.15) is 13.2 Å². The maximum absolute atomic E-state index is 10.6. The predicted octanol–water partition coefficient (Wildman–Crippen LogP) is 1.03. The standard InChI is InChI=1S/C12H12N2O5/c1-17-10-5-3-4-8(9(6-13)14-18-2)12(10)19-7-11(15)16/h3-5H,7H2,1-2H3,(H,15,16)/b14-9-. The van der Waals surface area contributed by atoms with Gasteiger partial charge in [0.15, 0.2) is 23.8 Å². The minimum absolute atomic E-state index is 0.0400. The Morgan fingerprint density at radius 1 is 1.47 bits per heavy atom. The maximum Gasteiger partial charge on any atom is 0.341 e. The van der Waals surface area contributed by atoms with Crippen LogP contribution in [-0.4, -0.2) is 37.6 Å². The molecule has 0 aliphatic carbocycles. The van der Waals surface area contributed by atoms with Crippen molar-refractivity contribution in [3.63, 3.8) is 0 Å². The number of carbonyl (C=O) groups is 1. The van der Waals surface area contributed by atoms with Crippen LogP contribution in [0.2, 0.25) is 0 Å². The van der Waals surface area contributed by atoms with Gasteiger partial charge in [-0.3, -0.25) is 0 Å². The van der Waals surface area contributed by atoms with E-state index in [-0.39, 0.29) is 11.5 Å². The number of hydrogen-bond donors (Lipinski definition) is 1. The summed E-state index contributed by atoms with van der Waals surface area (Å²) in [6.45, 7) is -0.556. The highest BCUT2D eigenvalue weighted by Crippen LogP contribution is 2.31. The lowest BCUT2D eigenvalue weighted by Crippen LogP contribution is -2.13. The fourth-order valence-electron chi connectivity index (χ4n) is 1.37. The molecule has 0 aromatic heterocycles. The summed E-state index contributed by atoms with van der Waals surface area (Å²) in [5.41, 5.74) is 0.256. The van der Waals surface area contributed by atoms with Crippen molar-refractivity contribution in [2.75, 3.05) is 20.8 Å². The van der Waals surface area contributed by atoms with Crippen LogP contribution < -0.4 is 9.47 Å². The number of hydrogen-bond acceptors (Lipinski definition) is 6. The molecule has 0 spiro atoms. The molecular weight excluding hydrogens is 252 g/mol. The molecule has 0 saturated carbocycles. The molecule has 19 heavy (non-hydrogen) atoms. The molecule has 0 aliphatic rings. The molecule has 1 aromatic carbocycles. The van der Waals surface area contributed by atoms with Gasteiger partial charge in [0.05, 0.1) is 12.7 Å². The molecule has 7 nitrogen and oxygen atoms in total. The zero-order valence-corrected chi connectivity index (χ0v) is 10.4. The van der Waals surface area contributed by atoms with Crippen LogP contribution in [0, 0.1) is 11.3 Å². The maximum atomic E-state index is 10.6. The van der Waals surface area contributed by atoms with Crippen LogP contribution in [0.1, 0.15) is 5.56 Å². The second-order valence-corrected chi connectivity index (χ2v) is 3.25. The number of carboxylic acid groups (broad SMARTS) is 1. The average Bonchev–Trinajstić information content (AvgIpc) is 2.42. The van der Waals surface area contributed by atoms with Crippen molar-refractivity contribution in [1.29, 1.82) is 5.26 Å². The molecule has 0 atom stereocenters. The lowest BCUT2D eigenvalue weighted by Gasteiger charge is -2.12. The van der Waals surface area contributed by atoms with E-state index in [1.165, 1.54) is 14.2 Å². The van der Waals surface area contributed by atoms with Crippen molar-refractivity contribution < 1.29 is 24.2 Å². The number of benzene rings is 1. The van der Waals surface area contributed by atoms with Gasteiger partial charge in [-0.05, 0) is 12.1 Å². The molecule has 0 bridgehead atoms. The number of ether oxygens (including phenoxy) is 2. The van der Waals surface area contributed by atoms with E-state index in [1.807, 2.05) is 6.07 Å². The summed E-state index contributed by atoms with van der Waals surface area (Å²) in [4.78, 5) is 15.1. The summed E-state index contributed by atoms with van der Waals surface area (Å²) in [7, 11) is 2.71. The van der Waals surface area contributed by atoms with E-state index in [4.69, 9.17) is 19.8 Å². The highest BCUT2D eigenvalue weighted by Gasteiger charge is 2.17. The first-order valence-electron chi connectivity index (χ1n) is 5.17. The van der Waals surface area contributed by atoms with Crippen LogP contribution in [0.25, 0.3) is 0 Å². The first-order chi connectivity index (χ1) is 9.13. The molecule has 0 amide bonds. The summed E-state index contributed by atoms with van der Waals surface area (Å²) >= 11 is 0. The Morgan fingerprint density at radius 3 is 2.74 bits per heavy atom. The van der Waals surface area contributed by atoms with E-state index >= 15 is 0 Å². The molecule has 0 heterocycles. The van der Waals surface area contributed by atoms with Crippen LogP contribution in [0.5, 0.6) is 11.5 Å². The monoisotopic (exact) mass is 264 g/mol. The largest absolute Gasteiger partial charge is 0.493 e. The van der Waals surface area contributed by atoms with Gasteiger partial charge < -0.3 is 19.4 Å². The van der Waals surface area contributed by atoms with E-state index in [2.05, 4.69) is 9.99 Å². The van der Waals surface area contributed by atoms with Crippen molar-refractivity contribution in [3.05, 3.63) is 23.8 Å². The van der Waals surface area contributed by atoms with Crippen LogP contribution in [0.4, 0.5) is 0 Å². The molecule has 1 rings (SSSR count). The molecular formula is C12H12N2O5. The Labute approximate surface area is 109 Å². The Morgan fingerprint density at radius 2 is 2.21 bits per heavy atom. The van der Waals surface area contributed by atoms with Crippen LogP contribution in [0.3, 0.4) is 0 Å². The number of para-hydroxylation sites is 1. The lowest BCUT2D eigenvalue weighted by molar-refractivity contribution is -0.139. The first-order valence-corrected chi connectivity index (χ1v) is 5.17. The Balaban J connectivity index is 3.26. The van der Waals surface area contributed by atoms with Crippen molar-refractivity contribution in [3.8, 4) is 17.6 Å². The third kappa shape index (κ3) is 3.61.